The van der Waals surface area contributed by atoms with E-state index in [1.54, 1.807) is 11.3 Å². The molecule has 0 saturated heterocycles. The summed E-state index contributed by atoms with van der Waals surface area (Å²) >= 11 is 1.56. The zero-order chi connectivity index (χ0) is 15.9. The monoisotopic (exact) mass is 450 g/mol. The van der Waals surface area contributed by atoms with Gasteiger partial charge in [0.1, 0.15) is 6.54 Å². The maximum atomic E-state index is 12.2. The molecule has 1 amide bonds. The molecule has 0 saturated carbocycles. The Morgan fingerprint density at radius 1 is 1.41 bits per heavy atom. The van der Waals surface area contributed by atoms with Crippen molar-refractivity contribution in [2.24, 2.45) is 4.99 Å². The van der Waals surface area contributed by atoms with E-state index < -0.39 is 18.6 Å². The standard InChI is InChI=1S/C12H17F3N4OS.HI/c1-16-11(17-5-9-3-4-21-7-9)18-6-10(20)19(2)8-12(13,14)15;/h3-4,7H,5-6,8H2,1-2H3,(H2,16,17,18);1H. The molecule has 22 heavy (non-hydrogen) atoms. The number of nitrogens with zero attached hydrogens (tertiary/aromatic N) is 2. The predicted octanol–water partition coefficient (Wildman–Crippen LogP) is 2.05. The smallest absolute Gasteiger partial charge is 0.352 e. The fraction of sp³-hybridized carbons (Fsp3) is 0.500. The lowest BCUT2D eigenvalue weighted by atomic mass is 10.3. The van der Waals surface area contributed by atoms with Crippen LogP contribution in [0.5, 0.6) is 0 Å². The van der Waals surface area contributed by atoms with E-state index in [9.17, 15) is 18.0 Å². The van der Waals surface area contributed by atoms with E-state index in [1.807, 2.05) is 16.8 Å². The van der Waals surface area contributed by atoms with Crippen molar-refractivity contribution in [1.29, 1.82) is 0 Å². The number of likely N-dealkylation sites (N-methyl/N-ethyl adjacent to an activating group) is 1. The number of carbonyl (C=O) groups is 1. The normalized spacial score (nSPS) is 11.6. The van der Waals surface area contributed by atoms with Crippen LogP contribution >= 0.6 is 35.3 Å². The Balaban J connectivity index is 0.00000441. The van der Waals surface area contributed by atoms with Gasteiger partial charge in [0.2, 0.25) is 5.91 Å². The van der Waals surface area contributed by atoms with Gasteiger partial charge in [0.25, 0.3) is 0 Å². The number of aliphatic imine (C=N–C) groups is 1. The van der Waals surface area contributed by atoms with Gasteiger partial charge >= 0.3 is 6.18 Å². The molecule has 1 aromatic rings. The van der Waals surface area contributed by atoms with E-state index in [-0.39, 0.29) is 30.5 Å². The highest BCUT2D eigenvalue weighted by molar-refractivity contribution is 14.0. The Bertz CT molecular complexity index is 479. The largest absolute Gasteiger partial charge is 0.406 e. The minimum atomic E-state index is -4.40. The molecular formula is C12H18F3IN4OS. The van der Waals surface area contributed by atoms with Crippen molar-refractivity contribution in [2.75, 3.05) is 27.2 Å². The third kappa shape index (κ3) is 8.41. The average Bonchev–Trinajstić information content (AvgIpc) is 2.89. The molecule has 0 fully saturated rings. The lowest BCUT2D eigenvalue weighted by Crippen LogP contribution is -2.45. The van der Waals surface area contributed by atoms with Crippen molar-refractivity contribution < 1.29 is 18.0 Å². The molecule has 0 radical (unpaired) electrons. The first kappa shape index (κ1) is 21.0. The first-order valence-electron chi connectivity index (χ1n) is 6.08. The number of guanidine groups is 1. The Kier molecular flexibility index (Phi) is 9.41. The van der Waals surface area contributed by atoms with E-state index >= 15 is 0 Å². The van der Waals surface area contributed by atoms with Crippen LogP contribution < -0.4 is 10.6 Å². The molecule has 1 heterocycles. The molecule has 0 unspecified atom stereocenters. The lowest BCUT2D eigenvalue weighted by Gasteiger charge is -2.19. The van der Waals surface area contributed by atoms with Gasteiger partial charge in [0, 0.05) is 20.6 Å². The molecule has 5 nitrogen and oxygen atoms in total. The van der Waals surface area contributed by atoms with E-state index in [0.29, 0.717) is 17.4 Å². The zero-order valence-electron chi connectivity index (χ0n) is 12.1. The number of hydrogen-bond acceptors (Lipinski definition) is 3. The number of hydrogen-bond donors (Lipinski definition) is 2. The summed E-state index contributed by atoms with van der Waals surface area (Å²) in [6.45, 7) is -1.000. The minimum Gasteiger partial charge on any atom is -0.352 e. The Labute approximate surface area is 148 Å². The SMILES string of the molecule is CN=C(NCC(=O)N(C)CC(F)(F)F)NCc1ccsc1.I. The van der Waals surface area contributed by atoms with Crippen LogP contribution in [-0.4, -0.2) is 50.1 Å². The van der Waals surface area contributed by atoms with Crippen molar-refractivity contribution >= 4 is 47.2 Å². The summed E-state index contributed by atoms with van der Waals surface area (Å²) < 4.78 is 36.5. The van der Waals surface area contributed by atoms with Crippen LogP contribution in [0.4, 0.5) is 13.2 Å². The van der Waals surface area contributed by atoms with Crippen LogP contribution in [0.3, 0.4) is 0 Å². The van der Waals surface area contributed by atoms with Crippen LogP contribution in [0.2, 0.25) is 0 Å². The second kappa shape index (κ2) is 9.87. The Hall–Kier alpha value is -1.04. The van der Waals surface area contributed by atoms with Crippen LogP contribution in [0, 0.1) is 0 Å². The summed E-state index contributed by atoms with van der Waals surface area (Å²) in [5, 5.41) is 9.54. The van der Waals surface area contributed by atoms with Gasteiger partial charge in [-0.3, -0.25) is 9.79 Å². The topological polar surface area (TPSA) is 56.7 Å². The quantitative estimate of drug-likeness (QED) is 0.411. The predicted molar refractivity (Wildman–Crippen MR) is 91.6 cm³/mol. The second-order valence-electron chi connectivity index (χ2n) is 4.28. The van der Waals surface area contributed by atoms with Crippen molar-refractivity contribution in [3.05, 3.63) is 22.4 Å². The van der Waals surface area contributed by atoms with Gasteiger partial charge in [0.05, 0.1) is 6.54 Å². The molecule has 0 aromatic carbocycles. The maximum absolute atomic E-state index is 12.2. The molecule has 0 aliphatic heterocycles. The van der Waals surface area contributed by atoms with Crippen molar-refractivity contribution in [1.82, 2.24) is 15.5 Å². The van der Waals surface area contributed by atoms with Gasteiger partial charge in [0.15, 0.2) is 5.96 Å². The summed E-state index contributed by atoms with van der Waals surface area (Å²) in [6, 6.07) is 1.94. The first-order valence-corrected chi connectivity index (χ1v) is 7.02. The summed E-state index contributed by atoms with van der Waals surface area (Å²) in [5.41, 5.74) is 1.06. The van der Waals surface area contributed by atoms with Gasteiger partial charge in [-0.2, -0.15) is 24.5 Å². The van der Waals surface area contributed by atoms with Crippen molar-refractivity contribution in [3.8, 4) is 0 Å². The van der Waals surface area contributed by atoms with E-state index in [1.165, 1.54) is 7.05 Å². The molecular weight excluding hydrogens is 432 g/mol. The van der Waals surface area contributed by atoms with Gasteiger partial charge in [-0.05, 0) is 22.4 Å². The Morgan fingerprint density at radius 3 is 2.59 bits per heavy atom. The number of thiophene rings is 1. The van der Waals surface area contributed by atoms with Crippen LogP contribution in [-0.2, 0) is 11.3 Å². The second-order valence-corrected chi connectivity index (χ2v) is 5.06. The average molecular weight is 450 g/mol. The molecule has 0 atom stereocenters. The third-order valence-corrected chi connectivity index (χ3v) is 3.24. The van der Waals surface area contributed by atoms with E-state index in [2.05, 4.69) is 15.6 Å². The fourth-order valence-electron chi connectivity index (χ4n) is 1.45. The third-order valence-electron chi connectivity index (χ3n) is 2.51. The van der Waals surface area contributed by atoms with Gasteiger partial charge in [-0.15, -0.1) is 24.0 Å². The van der Waals surface area contributed by atoms with E-state index in [4.69, 9.17) is 0 Å². The summed E-state index contributed by atoms with van der Waals surface area (Å²) in [7, 11) is 2.63. The minimum absolute atomic E-state index is 0. The highest BCUT2D eigenvalue weighted by Crippen LogP contribution is 2.15. The molecule has 0 spiro atoms. The van der Waals surface area contributed by atoms with Crippen molar-refractivity contribution in [2.45, 2.75) is 12.7 Å². The molecule has 126 valence electrons. The molecule has 0 bridgehead atoms. The van der Waals surface area contributed by atoms with Gasteiger partial charge in [-0.25, -0.2) is 0 Å². The fourth-order valence-corrected chi connectivity index (χ4v) is 2.12. The highest BCUT2D eigenvalue weighted by Gasteiger charge is 2.31. The zero-order valence-corrected chi connectivity index (χ0v) is 15.3. The summed E-state index contributed by atoms with van der Waals surface area (Å²) in [5.74, 6) is -0.305. The van der Waals surface area contributed by atoms with Gasteiger partial charge < -0.3 is 15.5 Å². The number of amides is 1. The number of nitrogens with one attached hydrogen (secondary N) is 2. The molecule has 0 aliphatic rings. The van der Waals surface area contributed by atoms with E-state index in [0.717, 1.165) is 12.6 Å². The summed E-state index contributed by atoms with van der Waals surface area (Å²) in [4.78, 5) is 16.1. The number of carbonyl (C=O) groups excluding carboxylic acids is 1. The molecule has 0 aliphatic carbocycles. The molecule has 2 N–H and O–H groups in total. The Morgan fingerprint density at radius 2 is 2.09 bits per heavy atom. The molecule has 1 rings (SSSR count). The first-order chi connectivity index (χ1) is 9.81. The number of halogens is 4. The maximum Gasteiger partial charge on any atom is 0.406 e. The lowest BCUT2D eigenvalue weighted by molar-refractivity contribution is -0.157. The number of rotatable bonds is 5. The molecule has 1 aromatic heterocycles. The van der Waals surface area contributed by atoms with Gasteiger partial charge in [-0.1, -0.05) is 0 Å². The molecule has 10 heteroatoms. The van der Waals surface area contributed by atoms with Crippen LogP contribution in [0.15, 0.2) is 21.8 Å². The van der Waals surface area contributed by atoms with Crippen LogP contribution in [0.1, 0.15) is 5.56 Å². The van der Waals surface area contributed by atoms with Crippen molar-refractivity contribution in [3.63, 3.8) is 0 Å². The summed E-state index contributed by atoms with van der Waals surface area (Å²) in [6.07, 6.45) is -4.40. The highest BCUT2D eigenvalue weighted by atomic mass is 127. The number of alkyl halides is 3. The van der Waals surface area contributed by atoms with Crippen LogP contribution in [0.25, 0.3) is 0 Å².